The fraction of sp³-hybridized carbons (Fsp3) is 0.615. The number of halogens is 2. The molecule has 1 aliphatic carbocycles. The van der Waals surface area contributed by atoms with Gasteiger partial charge in [0.1, 0.15) is 0 Å². The first-order chi connectivity index (χ1) is 7.56. The van der Waals surface area contributed by atoms with Crippen LogP contribution in [0, 0.1) is 18.7 Å². The van der Waals surface area contributed by atoms with Crippen LogP contribution in [-0.2, 0) is 5.41 Å². The van der Waals surface area contributed by atoms with E-state index in [2.05, 4.69) is 18.8 Å². The first-order valence-corrected chi connectivity index (χ1v) is 6.25. The smallest absolute Gasteiger partial charge is 0.160 e. The van der Waals surface area contributed by atoms with Gasteiger partial charge in [-0.2, -0.15) is 0 Å². The van der Waals surface area contributed by atoms with Crippen molar-refractivity contribution in [2.75, 3.05) is 0 Å². The van der Waals surface area contributed by atoms with E-state index in [0.717, 1.165) is 30.5 Å². The number of rotatable bonds is 3. The number of hydrogen-bond acceptors (Lipinski definition) is 1. The van der Waals surface area contributed by atoms with Crippen molar-refractivity contribution in [1.29, 1.82) is 0 Å². The predicted octanol–water partition coefficient (Wildman–Crippen LogP) is 4.26. The van der Waals surface area contributed by atoms with Crippen LogP contribution in [-0.4, -0.2) is 4.98 Å². The van der Waals surface area contributed by atoms with Crippen LogP contribution in [0.15, 0.2) is 6.20 Å². The van der Waals surface area contributed by atoms with Gasteiger partial charge in [0.05, 0.1) is 16.9 Å². The van der Waals surface area contributed by atoms with Gasteiger partial charge in [0.15, 0.2) is 5.82 Å². The monoisotopic (exact) mass is 241 g/mol. The second-order valence-corrected chi connectivity index (χ2v) is 5.09. The molecule has 2 rings (SSSR count). The summed E-state index contributed by atoms with van der Waals surface area (Å²) in [5.41, 5.74) is 1.99. The zero-order valence-corrected chi connectivity index (χ0v) is 10.7. The van der Waals surface area contributed by atoms with E-state index in [1.54, 1.807) is 0 Å². The van der Waals surface area contributed by atoms with Gasteiger partial charge in [-0.05, 0) is 31.2 Å². The molecule has 2 unspecified atom stereocenters. The maximum atomic E-state index is 13.3. The van der Waals surface area contributed by atoms with E-state index in [0.29, 0.717) is 5.92 Å². The molecule has 2 atom stereocenters. The van der Waals surface area contributed by atoms with Crippen LogP contribution in [0.4, 0.5) is 4.39 Å². The summed E-state index contributed by atoms with van der Waals surface area (Å²) >= 11 is 5.95. The third kappa shape index (κ3) is 1.55. The van der Waals surface area contributed by atoms with Crippen molar-refractivity contribution in [3.63, 3.8) is 0 Å². The highest BCUT2D eigenvalue weighted by atomic mass is 35.5. The van der Waals surface area contributed by atoms with Crippen molar-refractivity contribution in [1.82, 2.24) is 4.98 Å². The van der Waals surface area contributed by atoms with Crippen LogP contribution in [0.25, 0.3) is 0 Å². The molecule has 0 N–H and O–H groups in total. The molecule has 88 valence electrons. The summed E-state index contributed by atoms with van der Waals surface area (Å²) in [6.07, 6.45) is 4.63. The molecule has 1 nitrogen and oxygen atoms in total. The minimum Gasteiger partial charge on any atom is -0.257 e. The van der Waals surface area contributed by atoms with E-state index in [1.165, 1.54) is 6.20 Å². The molecule has 0 aliphatic heterocycles. The van der Waals surface area contributed by atoms with E-state index < -0.39 is 5.82 Å². The van der Waals surface area contributed by atoms with E-state index in [1.807, 2.05) is 6.92 Å². The molecule has 0 bridgehead atoms. The lowest BCUT2D eigenvalue weighted by molar-refractivity contribution is 0.545. The highest BCUT2D eigenvalue weighted by Crippen LogP contribution is 2.58. The largest absolute Gasteiger partial charge is 0.257 e. The zero-order valence-electron chi connectivity index (χ0n) is 9.98. The predicted molar refractivity (Wildman–Crippen MR) is 64.3 cm³/mol. The van der Waals surface area contributed by atoms with Crippen molar-refractivity contribution < 1.29 is 4.39 Å². The molecule has 1 fully saturated rings. The molecule has 1 aromatic rings. The molecule has 1 aliphatic rings. The fourth-order valence-electron chi connectivity index (χ4n) is 2.87. The minimum absolute atomic E-state index is 0.163. The minimum atomic E-state index is -0.414. The van der Waals surface area contributed by atoms with Gasteiger partial charge >= 0.3 is 0 Å². The van der Waals surface area contributed by atoms with Crippen LogP contribution in [0.2, 0.25) is 5.02 Å². The second-order valence-electron chi connectivity index (χ2n) is 4.71. The van der Waals surface area contributed by atoms with E-state index in [-0.39, 0.29) is 10.4 Å². The van der Waals surface area contributed by atoms with Gasteiger partial charge in [0.25, 0.3) is 0 Å². The van der Waals surface area contributed by atoms with Crippen LogP contribution >= 0.6 is 11.6 Å². The van der Waals surface area contributed by atoms with E-state index in [9.17, 15) is 4.39 Å². The quantitative estimate of drug-likeness (QED) is 0.771. The van der Waals surface area contributed by atoms with Gasteiger partial charge < -0.3 is 0 Å². The second kappa shape index (κ2) is 3.99. The van der Waals surface area contributed by atoms with Crippen LogP contribution in [0.1, 0.15) is 44.4 Å². The Hall–Kier alpha value is -0.630. The molecule has 1 saturated carbocycles. The lowest BCUT2D eigenvalue weighted by Crippen LogP contribution is -2.13. The third-order valence-corrected chi connectivity index (χ3v) is 4.49. The molecular formula is C13H17ClFN. The Kier molecular flexibility index (Phi) is 2.95. The molecule has 3 heteroatoms. The number of pyridine rings is 1. The summed E-state index contributed by atoms with van der Waals surface area (Å²) in [5.74, 6) is 0.271. The van der Waals surface area contributed by atoms with Gasteiger partial charge in [-0.25, -0.2) is 4.39 Å². The molecule has 1 heterocycles. The molecular weight excluding hydrogens is 225 g/mol. The van der Waals surface area contributed by atoms with Gasteiger partial charge in [0.2, 0.25) is 0 Å². The normalized spacial score (nSPS) is 28.2. The molecule has 0 amide bonds. The van der Waals surface area contributed by atoms with Gasteiger partial charge in [-0.15, -0.1) is 0 Å². The molecule has 16 heavy (non-hydrogen) atoms. The SMILES string of the molecule is CCC1CC1(CC)c1ncc(F)c(Cl)c1C. The number of nitrogens with zero attached hydrogens (tertiary/aromatic N) is 1. The molecule has 0 saturated heterocycles. The van der Waals surface area contributed by atoms with Crippen LogP contribution in [0.5, 0.6) is 0 Å². The summed E-state index contributed by atoms with van der Waals surface area (Å²) < 4.78 is 13.3. The summed E-state index contributed by atoms with van der Waals surface area (Å²) in [5, 5.41) is 0.236. The average Bonchev–Trinajstić information content (AvgIpc) is 3.01. The van der Waals surface area contributed by atoms with Crippen molar-refractivity contribution in [2.45, 2.75) is 45.4 Å². The Bertz CT molecular complexity index is 419. The Balaban J connectivity index is 2.45. The highest BCUT2D eigenvalue weighted by molar-refractivity contribution is 6.31. The van der Waals surface area contributed by atoms with Gasteiger partial charge in [0, 0.05) is 5.41 Å². The van der Waals surface area contributed by atoms with Crippen molar-refractivity contribution in [2.24, 2.45) is 5.92 Å². The number of hydrogen-bond donors (Lipinski definition) is 0. The molecule has 1 aromatic heterocycles. The van der Waals surface area contributed by atoms with Crippen molar-refractivity contribution in [3.8, 4) is 0 Å². The van der Waals surface area contributed by atoms with Crippen molar-refractivity contribution in [3.05, 3.63) is 28.3 Å². The van der Waals surface area contributed by atoms with Gasteiger partial charge in [-0.1, -0.05) is 31.9 Å². The van der Waals surface area contributed by atoms with Gasteiger partial charge in [-0.3, -0.25) is 4.98 Å². The maximum Gasteiger partial charge on any atom is 0.160 e. The maximum absolute atomic E-state index is 13.3. The Morgan fingerprint density at radius 2 is 2.25 bits per heavy atom. The summed E-state index contributed by atoms with van der Waals surface area (Å²) in [7, 11) is 0. The first kappa shape index (κ1) is 11.8. The van der Waals surface area contributed by atoms with Crippen LogP contribution < -0.4 is 0 Å². The third-order valence-electron chi connectivity index (χ3n) is 4.03. The van der Waals surface area contributed by atoms with Crippen molar-refractivity contribution >= 4 is 11.6 Å². The lowest BCUT2D eigenvalue weighted by atomic mass is 9.91. The lowest BCUT2D eigenvalue weighted by Gasteiger charge is -2.17. The first-order valence-electron chi connectivity index (χ1n) is 5.87. The topological polar surface area (TPSA) is 12.9 Å². The number of aromatic nitrogens is 1. The summed E-state index contributed by atoms with van der Waals surface area (Å²) in [6, 6.07) is 0. The molecule has 0 radical (unpaired) electrons. The zero-order chi connectivity index (χ0) is 11.9. The van der Waals surface area contributed by atoms with E-state index in [4.69, 9.17) is 11.6 Å². The molecule has 0 aromatic carbocycles. The summed E-state index contributed by atoms with van der Waals surface area (Å²) in [4.78, 5) is 4.28. The summed E-state index contributed by atoms with van der Waals surface area (Å²) in [6.45, 7) is 6.24. The van der Waals surface area contributed by atoms with Crippen LogP contribution in [0.3, 0.4) is 0 Å². The average molecular weight is 242 g/mol. The Morgan fingerprint density at radius 3 is 2.75 bits per heavy atom. The Labute approximate surface area is 101 Å². The molecule has 0 spiro atoms. The van der Waals surface area contributed by atoms with E-state index >= 15 is 0 Å². The fourth-order valence-corrected chi connectivity index (χ4v) is 3.00. The standard InChI is InChI=1S/C13H17ClFN/c1-4-9-6-13(9,5-2)12-8(3)11(14)10(15)7-16-12/h7,9H,4-6H2,1-3H3. The highest BCUT2D eigenvalue weighted by Gasteiger charge is 2.54. The Morgan fingerprint density at radius 1 is 1.56 bits per heavy atom.